The summed E-state index contributed by atoms with van der Waals surface area (Å²) < 4.78 is 31.0. The Morgan fingerprint density at radius 3 is 2.42 bits per heavy atom. The Labute approximate surface area is 111 Å². The normalized spacial score (nSPS) is 12.2. The predicted molar refractivity (Wildman–Crippen MR) is 72.6 cm³/mol. The smallest absolute Gasteiger partial charge is 0.336 e. The molecule has 0 fully saturated rings. The third-order valence-electron chi connectivity index (χ3n) is 2.93. The largest absolute Gasteiger partial charge is 0.423 e. The van der Waals surface area contributed by atoms with Gasteiger partial charge in [-0.05, 0) is 24.3 Å². The summed E-state index contributed by atoms with van der Waals surface area (Å²) in [6.07, 6.45) is 0. The molecule has 0 aliphatic carbocycles. The Bertz CT molecular complexity index is 745. The first kappa shape index (κ1) is 13.8. The summed E-state index contributed by atoms with van der Waals surface area (Å²) in [4.78, 5) is 11.3. The molecule has 0 bridgehead atoms. The van der Waals surface area contributed by atoms with Crippen LogP contribution >= 0.6 is 0 Å². The van der Waals surface area contributed by atoms with Crippen LogP contribution in [-0.4, -0.2) is 25.8 Å². The molecule has 0 N–H and O–H groups in total. The van der Waals surface area contributed by atoms with E-state index in [1.807, 2.05) is 0 Å². The minimum Gasteiger partial charge on any atom is -0.423 e. The molecule has 5 nitrogen and oxygen atoms in total. The fraction of sp³-hybridized carbons (Fsp3) is 0.308. The van der Waals surface area contributed by atoms with Gasteiger partial charge in [0.15, 0.2) is 0 Å². The molecule has 0 amide bonds. The van der Waals surface area contributed by atoms with E-state index >= 15 is 0 Å². The van der Waals surface area contributed by atoms with Gasteiger partial charge in [0.2, 0.25) is 10.0 Å². The molecule has 102 valence electrons. The van der Waals surface area contributed by atoms with Crippen molar-refractivity contribution in [2.45, 2.75) is 18.7 Å². The van der Waals surface area contributed by atoms with Crippen LogP contribution in [0.4, 0.5) is 0 Å². The minimum atomic E-state index is -3.49. The summed E-state index contributed by atoms with van der Waals surface area (Å²) in [5.74, 6) is 0. The van der Waals surface area contributed by atoms with Crippen LogP contribution in [0.25, 0.3) is 11.0 Å². The molecule has 0 unspecified atom stereocenters. The lowest BCUT2D eigenvalue weighted by Gasteiger charge is -2.18. The van der Waals surface area contributed by atoms with Gasteiger partial charge in [0.1, 0.15) is 5.58 Å². The van der Waals surface area contributed by atoms with Crippen LogP contribution in [0, 0.1) is 0 Å². The van der Waals surface area contributed by atoms with E-state index < -0.39 is 15.6 Å². The number of nitrogens with zero attached hydrogens (tertiary/aromatic N) is 1. The molecule has 0 saturated carbocycles. The van der Waals surface area contributed by atoms with E-state index in [0.717, 1.165) is 0 Å². The molecule has 2 aromatic rings. The van der Waals surface area contributed by atoms with Gasteiger partial charge in [0.05, 0.1) is 4.90 Å². The first-order valence-electron chi connectivity index (χ1n) is 6.03. The average molecular weight is 281 g/mol. The highest BCUT2D eigenvalue weighted by Crippen LogP contribution is 2.20. The molecular weight excluding hydrogens is 266 g/mol. The van der Waals surface area contributed by atoms with Gasteiger partial charge in [-0.25, -0.2) is 13.2 Å². The second-order valence-electron chi connectivity index (χ2n) is 4.04. The quantitative estimate of drug-likeness (QED) is 0.802. The second-order valence-corrected chi connectivity index (χ2v) is 5.98. The zero-order chi connectivity index (χ0) is 14.0. The molecule has 6 heteroatoms. The standard InChI is InChI=1S/C13H15NO4S/c1-3-14(4-2)19(16,17)11-6-7-12-10(9-11)5-8-13(15)18-12/h5-9H,3-4H2,1-2H3. The van der Waals surface area contributed by atoms with E-state index in [-0.39, 0.29) is 4.90 Å². The molecule has 0 atom stereocenters. The lowest BCUT2D eigenvalue weighted by atomic mass is 10.2. The highest BCUT2D eigenvalue weighted by atomic mass is 32.2. The fourth-order valence-electron chi connectivity index (χ4n) is 1.92. The van der Waals surface area contributed by atoms with Crippen molar-refractivity contribution < 1.29 is 12.8 Å². The van der Waals surface area contributed by atoms with Crippen LogP contribution in [0.2, 0.25) is 0 Å². The second kappa shape index (κ2) is 5.14. The Hall–Kier alpha value is -1.66. The van der Waals surface area contributed by atoms with Crippen LogP contribution in [0.3, 0.4) is 0 Å². The number of sulfonamides is 1. The maximum absolute atomic E-state index is 12.3. The predicted octanol–water partition coefficient (Wildman–Crippen LogP) is 1.82. The van der Waals surface area contributed by atoms with Gasteiger partial charge in [-0.3, -0.25) is 0 Å². The summed E-state index contributed by atoms with van der Waals surface area (Å²) in [5, 5.41) is 0.591. The highest BCUT2D eigenvalue weighted by molar-refractivity contribution is 7.89. The number of hydrogen-bond donors (Lipinski definition) is 0. The number of fused-ring (bicyclic) bond motifs is 1. The van der Waals surface area contributed by atoms with E-state index in [2.05, 4.69) is 0 Å². The molecule has 1 heterocycles. The minimum absolute atomic E-state index is 0.206. The molecule has 19 heavy (non-hydrogen) atoms. The topological polar surface area (TPSA) is 67.6 Å². The van der Waals surface area contributed by atoms with Crippen molar-refractivity contribution in [3.05, 3.63) is 40.8 Å². The molecular formula is C13H15NO4S. The maximum atomic E-state index is 12.3. The molecule has 0 radical (unpaired) electrons. The van der Waals surface area contributed by atoms with Gasteiger partial charge < -0.3 is 4.42 Å². The third kappa shape index (κ3) is 2.54. The van der Waals surface area contributed by atoms with E-state index in [9.17, 15) is 13.2 Å². The number of rotatable bonds is 4. The molecule has 0 aliphatic rings. The summed E-state index contributed by atoms with van der Waals surface area (Å²) in [5.41, 5.74) is -0.0714. The van der Waals surface area contributed by atoms with E-state index in [0.29, 0.717) is 24.1 Å². The molecule has 1 aromatic heterocycles. The van der Waals surface area contributed by atoms with Crippen LogP contribution < -0.4 is 5.63 Å². The highest BCUT2D eigenvalue weighted by Gasteiger charge is 2.21. The van der Waals surface area contributed by atoms with Crippen molar-refractivity contribution in [1.82, 2.24) is 4.31 Å². The summed E-state index contributed by atoms with van der Waals surface area (Å²) in [6.45, 7) is 4.42. The van der Waals surface area contributed by atoms with Gasteiger partial charge in [-0.1, -0.05) is 13.8 Å². The Balaban J connectivity index is 2.58. The van der Waals surface area contributed by atoms with Crippen molar-refractivity contribution in [3.8, 4) is 0 Å². The lowest BCUT2D eigenvalue weighted by Crippen LogP contribution is -2.30. The van der Waals surface area contributed by atoms with Crippen molar-refractivity contribution in [2.24, 2.45) is 0 Å². The van der Waals surface area contributed by atoms with Gasteiger partial charge >= 0.3 is 5.63 Å². The Morgan fingerprint density at radius 2 is 1.79 bits per heavy atom. The third-order valence-corrected chi connectivity index (χ3v) is 4.98. The van der Waals surface area contributed by atoms with Gasteiger partial charge in [-0.15, -0.1) is 0 Å². The first-order valence-corrected chi connectivity index (χ1v) is 7.47. The van der Waals surface area contributed by atoms with E-state index in [4.69, 9.17) is 4.42 Å². The van der Waals surface area contributed by atoms with Crippen LogP contribution in [0.15, 0.2) is 44.4 Å². The molecule has 0 spiro atoms. The van der Waals surface area contributed by atoms with Crippen molar-refractivity contribution in [3.63, 3.8) is 0 Å². The zero-order valence-electron chi connectivity index (χ0n) is 10.8. The summed E-state index contributed by atoms with van der Waals surface area (Å²) in [6, 6.07) is 7.32. The van der Waals surface area contributed by atoms with Crippen LogP contribution in [0.1, 0.15) is 13.8 Å². The zero-order valence-corrected chi connectivity index (χ0v) is 11.6. The van der Waals surface area contributed by atoms with E-state index in [1.165, 1.54) is 28.6 Å². The SMILES string of the molecule is CCN(CC)S(=O)(=O)c1ccc2oc(=O)ccc2c1. The molecule has 0 aliphatic heterocycles. The van der Waals surface area contributed by atoms with Gasteiger partial charge in [-0.2, -0.15) is 4.31 Å². The summed E-state index contributed by atoms with van der Waals surface area (Å²) >= 11 is 0. The average Bonchev–Trinajstić information content (AvgIpc) is 2.39. The van der Waals surface area contributed by atoms with Crippen molar-refractivity contribution in [1.29, 1.82) is 0 Å². The Kier molecular flexibility index (Phi) is 3.73. The molecule has 2 rings (SSSR count). The van der Waals surface area contributed by atoms with Gasteiger partial charge in [0, 0.05) is 24.5 Å². The van der Waals surface area contributed by atoms with Gasteiger partial charge in [0.25, 0.3) is 0 Å². The van der Waals surface area contributed by atoms with Crippen molar-refractivity contribution >= 4 is 21.0 Å². The maximum Gasteiger partial charge on any atom is 0.336 e. The molecule has 1 aromatic carbocycles. The molecule has 0 saturated heterocycles. The lowest BCUT2D eigenvalue weighted by molar-refractivity contribution is 0.445. The monoisotopic (exact) mass is 281 g/mol. The Morgan fingerprint density at radius 1 is 1.11 bits per heavy atom. The van der Waals surface area contributed by atoms with Crippen LogP contribution in [0.5, 0.6) is 0 Å². The first-order chi connectivity index (χ1) is 8.98. The van der Waals surface area contributed by atoms with E-state index in [1.54, 1.807) is 19.9 Å². The van der Waals surface area contributed by atoms with Crippen LogP contribution in [-0.2, 0) is 10.0 Å². The summed E-state index contributed by atoms with van der Waals surface area (Å²) in [7, 11) is -3.49. The van der Waals surface area contributed by atoms with Crippen molar-refractivity contribution in [2.75, 3.05) is 13.1 Å². The number of hydrogen-bond acceptors (Lipinski definition) is 4. The fourth-order valence-corrected chi connectivity index (χ4v) is 3.42. The number of benzene rings is 1.